The summed E-state index contributed by atoms with van der Waals surface area (Å²) >= 11 is 1.63. The summed E-state index contributed by atoms with van der Waals surface area (Å²) in [4.78, 5) is 13.7. The van der Waals surface area contributed by atoms with Gasteiger partial charge in [0, 0.05) is 19.3 Å². The van der Waals surface area contributed by atoms with Gasteiger partial charge in [-0.2, -0.15) is 5.26 Å². The van der Waals surface area contributed by atoms with Crippen molar-refractivity contribution in [2.75, 3.05) is 19.3 Å². The maximum atomic E-state index is 11.6. The largest absolute Gasteiger partial charge is 0.357 e. The average Bonchev–Trinajstić information content (AvgIpc) is 2.71. The van der Waals surface area contributed by atoms with Crippen LogP contribution < -0.4 is 5.32 Å². The van der Waals surface area contributed by atoms with E-state index in [1.54, 1.807) is 18.8 Å². The molecule has 0 aliphatic carbocycles. The van der Waals surface area contributed by atoms with Crippen molar-refractivity contribution in [1.29, 1.82) is 5.26 Å². The topological polar surface area (TPSA) is 56.1 Å². The summed E-state index contributed by atoms with van der Waals surface area (Å²) in [6, 6.07) is 2.15. The Morgan fingerprint density at radius 3 is 3.20 bits per heavy atom. The number of nitrogens with zero attached hydrogens (tertiary/aromatic N) is 2. The highest BCUT2D eigenvalue weighted by Gasteiger charge is 2.36. The first-order valence-electron chi connectivity index (χ1n) is 5.02. The zero-order chi connectivity index (χ0) is 10.8. The van der Waals surface area contributed by atoms with Crippen LogP contribution in [0.15, 0.2) is 10.6 Å². The van der Waals surface area contributed by atoms with Gasteiger partial charge in [0.1, 0.15) is 6.04 Å². The smallest absolute Gasteiger partial charge is 0.243 e. The molecule has 80 valence electrons. The van der Waals surface area contributed by atoms with Gasteiger partial charge in [0.25, 0.3) is 0 Å². The predicted octanol–water partition coefficient (Wildman–Crippen LogP) is 0.679. The van der Waals surface area contributed by atoms with E-state index < -0.39 is 0 Å². The molecule has 2 aliphatic rings. The van der Waals surface area contributed by atoms with E-state index in [-0.39, 0.29) is 11.9 Å². The highest BCUT2D eigenvalue weighted by Crippen LogP contribution is 2.39. The summed E-state index contributed by atoms with van der Waals surface area (Å²) in [5, 5.41) is 12.7. The molecule has 5 heteroatoms. The number of fused-ring (bicyclic) bond motifs is 1. The molecule has 0 saturated carbocycles. The molecule has 0 aromatic heterocycles. The molecule has 1 saturated heterocycles. The number of thioether (sulfide) groups is 1. The molecule has 0 radical (unpaired) electrons. The Balaban J connectivity index is 2.25. The minimum Gasteiger partial charge on any atom is -0.357 e. The molecule has 1 unspecified atom stereocenters. The number of allylic oxidation sites excluding steroid dienone is 1. The summed E-state index contributed by atoms with van der Waals surface area (Å²) in [5.74, 6) is 0.817. The van der Waals surface area contributed by atoms with Crippen molar-refractivity contribution in [3.8, 4) is 6.07 Å². The maximum absolute atomic E-state index is 11.6. The summed E-state index contributed by atoms with van der Waals surface area (Å²) in [5.41, 5.74) is 0.845. The van der Waals surface area contributed by atoms with E-state index in [2.05, 4.69) is 16.3 Å². The first kappa shape index (κ1) is 10.4. The van der Waals surface area contributed by atoms with Crippen molar-refractivity contribution in [3.63, 3.8) is 0 Å². The third kappa shape index (κ3) is 1.70. The van der Waals surface area contributed by atoms with Gasteiger partial charge in [-0.25, -0.2) is 0 Å². The Hall–Kier alpha value is -1.15. The number of nitriles is 1. The van der Waals surface area contributed by atoms with E-state index in [4.69, 9.17) is 5.26 Å². The van der Waals surface area contributed by atoms with E-state index in [0.29, 0.717) is 0 Å². The van der Waals surface area contributed by atoms with Crippen LogP contribution >= 0.6 is 11.8 Å². The highest BCUT2D eigenvalue weighted by atomic mass is 32.2. The molecule has 1 atom stereocenters. The normalized spacial score (nSPS) is 24.8. The lowest BCUT2D eigenvalue weighted by molar-refractivity contribution is -0.124. The van der Waals surface area contributed by atoms with Crippen molar-refractivity contribution < 1.29 is 4.79 Å². The first-order valence-corrected chi connectivity index (χ1v) is 6.00. The minimum absolute atomic E-state index is 0.0525. The molecule has 0 bridgehead atoms. The monoisotopic (exact) mass is 223 g/mol. The fourth-order valence-electron chi connectivity index (χ4n) is 2.01. The molecular weight excluding hydrogens is 210 g/mol. The fraction of sp³-hybridized carbons (Fsp3) is 0.600. The molecule has 1 amide bonds. The third-order valence-electron chi connectivity index (χ3n) is 2.78. The van der Waals surface area contributed by atoms with Gasteiger partial charge in [-0.05, 0) is 12.8 Å². The molecule has 1 fully saturated rings. The summed E-state index contributed by atoms with van der Waals surface area (Å²) < 4.78 is 0. The Morgan fingerprint density at radius 2 is 2.53 bits per heavy atom. The maximum Gasteiger partial charge on any atom is 0.243 e. The van der Waals surface area contributed by atoms with Gasteiger partial charge >= 0.3 is 0 Å². The summed E-state index contributed by atoms with van der Waals surface area (Å²) in [7, 11) is 1.66. The van der Waals surface area contributed by atoms with Crippen molar-refractivity contribution in [2.24, 2.45) is 0 Å². The SMILES string of the molecule is CNC(=O)C1CSC2=C(C#N)CCCN21. The van der Waals surface area contributed by atoms with E-state index in [9.17, 15) is 4.79 Å². The molecular formula is C10H13N3OS. The van der Waals surface area contributed by atoms with Gasteiger partial charge in [-0.1, -0.05) is 0 Å². The molecule has 0 spiro atoms. The van der Waals surface area contributed by atoms with Gasteiger partial charge in [0.15, 0.2) is 0 Å². The standard InChI is InChI=1S/C10H13N3OS/c1-12-9(14)8-6-15-10-7(5-11)3-2-4-13(8)10/h8H,2-4,6H2,1H3,(H,12,14). The van der Waals surface area contributed by atoms with E-state index in [0.717, 1.165) is 35.7 Å². The Bertz CT molecular complexity index is 358. The average molecular weight is 223 g/mol. The number of hydrogen-bond donors (Lipinski definition) is 1. The number of hydrogen-bond acceptors (Lipinski definition) is 4. The van der Waals surface area contributed by atoms with Crippen molar-refractivity contribution >= 4 is 17.7 Å². The highest BCUT2D eigenvalue weighted by molar-refractivity contribution is 8.03. The van der Waals surface area contributed by atoms with Crippen LogP contribution in [0.5, 0.6) is 0 Å². The lowest BCUT2D eigenvalue weighted by Gasteiger charge is -2.29. The second-order valence-corrected chi connectivity index (χ2v) is 4.64. The van der Waals surface area contributed by atoms with Gasteiger partial charge in [-0.15, -0.1) is 11.8 Å². The second-order valence-electron chi connectivity index (χ2n) is 3.63. The van der Waals surface area contributed by atoms with Crippen molar-refractivity contribution in [2.45, 2.75) is 18.9 Å². The van der Waals surface area contributed by atoms with Crippen LogP contribution in [0.2, 0.25) is 0 Å². The molecule has 1 N–H and O–H groups in total. The van der Waals surface area contributed by atoms with E-state index in [1.165, 1.54) is 0 Å². The van der Waals surface area contributed by atoms with Gasteiger partial charge in [-0.3, -0.25) is 4.79 Å². The number of amides is 1. The van der Waals surface area contributed by atoms with Crippen LogP contribution in [0.25, 0.3) is 0 Å². The molecule has 4 nitrogen and oxygen atoms in total. The van der Waals surface area contributed by atoms with Crippen molar-refractivity contribution in [1.82, 2.24) is 10.2 Å². The molecule has 0 aromatic rings. The lowest BCUT2D eigenvalue weighted by atomic mass is 10.1. The Kier molecular flexibility index (Phi) is 2.87. The number of likely N-dealkylation sites (N-methyl/N-ethyl adjacent to an activating group) is 1. The minimum atomic E-state index is -0.0846. The molecule has 0 aromatic carbocycles. The van der Waals surface area contributed by atoms with Gasteiger partial charge < -0.3 is 10.2 Å². The lowest BCUT2D eigenvalue weighted by Crippen LogP contribution is -2.44. The molecule has 2 aliphatic heterocycles. The van der Waals surface area contributed by atoms with Crippen LogP contribution in [0, 0.1) is 11.3 Å². The van der Waals surface area contributed by atoms with Crippen LogP contribution in [-0.4, -0.2) is 36.2 Å². The predicted molar refractivity (Wildman–Crippen MR) is 58.9 cm³/mol. The zero-order valence-corrected chi connectivity index (χ0v) is 9.43. The van der Waals surface area contributed by atoms with E-state index in [1.807, 2.05) is 0 Å². The fourth-order valence-corrected chi connectivity index (χ4v) is 3.36. The van der Waals surface area contributed by atoms with Crippen LogP contribution in [-0.2, 0) is 4.79 Å². The summed E-state index contributed by atoms with van der Waals surface area (Å²) in [6.45, 7) is 0.894. The second kappa shape index (κ2) is 4.15. The zero-order valence-electron chi connectivity index (χ0n) is 8.62. The quantitative estimate of drug-likeness (QED) is 0.710. The molecule has 2 rings (SSSR count). The van der Waals surface area contributed by atoms with Gasteiger partial charge in [0.05, 0.1) is 16.7 Å². The van der Waals surface area contributed by atoms with Gasteiger partial charge in [0.2, 0.25) is 5.91 Å². The Labute approximate surface area is 93.3 Å². The van der Waals surface area contributed by atoms with Crippen molar-refractivity contribution in [3.05, 3.63) is 10.6 Å². The molecule has 15 heavy (non-hydrogen) atoms. The van der Waals surface area contributed by atoms with Crippen LogP contribution in [0.1, 0.15) is 12.8 Å². The number of carbonyl (C=O) groups excluding carboxylic acids is 1. The molecule has 2 heterocycles. The third-order valence-corrected chi connectivity index (χ3v) is 4.02. The van der Waals surface area contributed by atoms with Crippen LogP contribution in [0.3, 0.4) is 0 Å². The number of nitrogens with one attached hydrogen (secondary N) is 1. The number of carbonyl (C=O) groups is 1. The Morgan fingerprint density at radius 1 is 1.73 bits per heavy atom. The first-order chi connectivity index (χ1) is 7.27. The van der Waals surface area contributed by atoms with Crippen LogP contribution in [0.4, 0.5) is 0 Å². The van der Waals surface area contributed by atoms with E-state index >= 15 is 0 Å². The summed E-state index contributed by atoms with van der Waals surface area (Å²) in [6.07, 6.45) is 1.83. The number of rotatable bonds is 1.